The van der Waals surface area contributed by atoms with Gasteiger partial charge in [-0.3, -0.25) is 4.79 Å². The smallest absolute Gasteiger partial charge is 0.266 e. The second-order valence-corrected chi connectivity index (χ2v) is 6.40. The van der Waals surface area contributed by atoms with Crippen molar-refractivity contribution in [3.05, 3.63) is 77.5 Å². The fraction of sp³-hybridized carbons (Fsp3) is 0.238. The number of carbonyl (C=O) groups excluding carboxylic acids is 1. The number of rotatable bonds is 5. The highest BCUT2D eigenvalue weighted by atomic mass is 19.1. The van der Waals surface area contributed by atoms with E-state index in [1.807, 2.05) is 6.07 Å². The van der Waals surface area contributed by atoms with Crippen molar-refractivity contribution in [3.8, 4) is 6.07 Å². The molecular formula is C21H20F2N4O. The summed E-state index contributed by atoms with van der Waals surface area (Å²) in [6.07, 6.45) is 1.33. The molecule has 1 amide bonds. The Morgan fingerprint density at radius 1 is 1.07 bits per heavy atom. The number of anilines is 1. The lowest BCUT2D eigenvalue weighted by Crippen LogP contribution is -2.49. The highest BCUT2D eigenvalue weighted by Gasteiger charge is 2.23. The lowest BCUT2D eigenvalue weighted by Gasteiger charge is -2.36. The van der Waals surface area contributed by atoms with Gasteiger partial charge in [0.05, 0.1) is 0 Å². The van der Waals surface area contributed by atoms with Crippen molar-refractivity contribution in [2.24, 2.45) is 0 Å². The molecule has 0 unspecified atom stereocenters. The van der Waals surface area contributed by atoms with Crippen LogP contribution in [-0.4, -0.2) is 37.0 Å². The van der Waals surface area contributed by atoms with E-state index in [2.05, 4.69) is 10.2 Å². The Balaban J connectivity index is 1.56. The number of piperazine rings is 1. The van der Waals surface area contributed by atoms with E-state index < -0.39 is 0 Å². The highest BCUT2D eigenvalue weighted by Crippen LogP contribution is 2.17. The summed E-state index contributed by atoms with van der Waals surface area (Å²) in [6.45, 7) is 2.30. The number of hydrogen-bond donors (Lipinski definition) is 1. The van der Waals surface area contributed by atoms with E-state index in [-0.39, 0.29) is 29.7 Å². The zero-order chi connectivity index (χ0) is 19.9. The molecule has 5 nitrogen and oxygen atoms in total. The average Bonchev–Trinajstić information content (AvgIpc) is 2.73. The monoisotopic (exact) mass is 382 g/mol. The number of hydrogen-bond acceptors (Lipinski definition) is 4. The molecule has 7 heteroatoms. The first kappa shape index (κ1) is 19.4. The quantitative estimate of drug-likeness (QED) is 0.638. The van der Waals surface area contributed by atoms with Crippen LogP contribution in [0.3, 0.4) is 0 Å². The van der Waals surface area contributed by atoms with Crippen LogP contribution in [0, 0.1) is 23.0 Å². The van der Waals surface area contributed by atoms with Gasteiger partial charge in [-0.15, -0.1) is 0 Å². The van der Waals surface area contributed by atoms with Crippen molar-refractivity contribution < 1.29 is 13.6 Å². The molecule has 2 aromatic rings. The summed E-state index contributed by atoms with van der Waals surface area (Å²) in [4.78, 5) is 16.3. The first-order valence-electron chi connectivity index (χ1n) is 8.95. The lowest BCUT2D eigenvalue weighted by molar-refractivity contribution is -0.127. The fourth-order valence-corrected chi connectivity index (χ4v) is 3.04. The Labute approximate surface area is 162 Å². The minimum absolute atomic E-state index is 0.0217. The minimum Gasteiger partial charge on any atom is -0.385 e. The molecule has 0 saturated carbocycles. The van der Waals surface area contributed by atoms with E-state index in [0.29, 0.717) is 31.7 Å². The first-order valence-corrected chi connectivity index (χ1v) is 8.95. The summed E-state index contributed by atoms with van der Waals surface area (Å²) < 4.78 is 26.7. The number of amides is 1. The summed E-state index contributed by atoms with van der Waals surface area (Å²) >= 11 is 0. The molecule has 3 rings (SSSR count). The minimum atomic E-state index is -0.359. The molecule has 0 radical (unpaired) electrons. The van der Waals surface area contributed by atoms with Gasteiger partial charge in [-0.05, 0) is 30.3 Å². The summed E-state index contributed by atoms with van der Waals surface area (Å²) in [7, 11) is 0. The number of carbonyl (C=O) groups is 1. The number of benzene rings is 2. The van der Waals surface area contributed by atoms with E-state index in [1.165, 1.54) is 24.4 Å². The number of nitrogens with zero attached hydrogens (tertiary/aromatic N) is 3. The maximum atomic E-state index is 13.6. The lowest BCUT2D eigenvalue weighted by atomic mass is 10.2. The Morgan fingerprint density at radius 3 is 2.39 bits per heavy atom. The third-order valence-electron chi connectivity index (χ3n) is 4.61. The molecule has 1 aliphatic heterocycles. The Hall–Kier alpha value is -3.40. The molecule has 0 spiro atoms. The van der Waals surface area contributed by atoms with Gasteiger partial charge in [0.15, 0.2) is 0 Å². The number of nitrogens with one attached hydrogen (secondary N) is 1. The molecule has 1 saturated heterocycles. The van der Waals surface area contributed by atoms with E-state index in [9.17, 15) is 18.8 Å². The Bertz CT molecular complexity index is 897. The van der Waals surface area contributed by atoms with E-state index >= 15 is 0 Å². The Morgan fingerprint density at radius 2 is 1.75 bits per heavy atom. The summed E-state index contributed by atoms with van der Waals surface area (Å²) in [5.41, 5.74) is 1.33. The largest absolute Gasteiger partial charge is 0.385 e. The summed E-state index contributed by atoms with van der Waals surface area (Å²) in [5.74, 6) is -0.989. The van der Waals surface area contributed by atoms with Crippen LogP contribution in [0.4, 0.5) is 14.5 Å². The molecule has 28 heavy (non-hydrogen) atoms. The van der Waals surface area contributed by atoms with Crippen LogP contribution in [0.2, 0.25) is 0 Å². The molecule has 144 valence electrons. The second kappa shape index (κ2) is 9.00. The maximum Gasteiger partial charge on any atom is 0.266 e. The van der Waals surface area contributed by atoms with Crippen LogP contribution in [0.15, 0.2) is 60.3 Å². The zero-order valence-electron chi connectivity index (χ0n) is 15.2. The van der Waals surface area contributed by atoms with E-state index in [1.54, 1.807) is 35.2 Å². The van der Waals surface area contributed by atoms with Crippen LogP contribution in [0.1, 0.15) is 5.56 Å². The van der Waals surface area contributed by atoms with Crippen LogP contribution >= 0.6 is 0 Å². The van der Waals surface area contributed by atoms with Crippen molar-refractivity contribution in [2.75, 3.05) is 31.1 Å². The fourth-order valence-electron chi connectivity index (χ4n) is 3.04. The van der Waals surface area contributed by atoms with Crippen molar-refractivity contribution in [2.45, 2.75) is 6.54 Å². The van der Waals surface area contributed by atoms with Gasteiger partial charge in [-0.2, -0.15) is 5.26 Å². The highest BCUT2D eigenvalue weighted by molar-refractivity contribution is 5.97. The van der Waals surface area contributed by atoms with Crippen LogP contribution in [-0.2, 0) is 11.3 Å². The SMILES string of the molecule is N#C/C(=C/NCc1ccccc1F)C(=O)N1CCN(c2ccc(F)cc2)CC1. The molecular weight excluding hydrogens is 362 g/mol. The van der Waals surface area contributed by atoms with Crippen molar-refractivity contribution in [3.63, 3.8) is 0 Å². The normalized spacial score (nSPS) is 14.5. The van der Waals surface area contributed by atoms with Crippen LogP contribution < -0.4 is 10.2 Å². The van der Waals surface area contributed by atoms with Gasteiger partial charge in [0.25, 0.3) is 5.91 Å². The molecule has 0 atom stereocenters. The van der Waals surface area contributed by atoms with Crippen molar-refractivity contribution in [1.29, 1.82) is 5.26 Å². The molecule has 1 N–H and O–H groups in total. The first-order chi connectivity index (χ1) is 13.6. The standard InChI is InChI=1S/C21H20F2N4O/c22-18-5-7-19(8-6-18)26-9-11-27(12-10-26)21(28)17(13-24)15-25-14-16-3-1-2-4-20(16)23/h1-8,15,25H,9-12,14H2/b17-15-. The predicted octanol–water partition coefficient (Wildman–Crippen LogP) is 2.81. The molecule has 0 aliphatic carbocycles. The van der Waals surface area contributed by atoms with Gasteiger partial charge in [0, 0.05) is 50.2 Å². The van der Waals surface area contributed by atoms with Crippen LogP contribution in [0.5, 0.6) is 0 Å². The van der Waals surface area contributed by atoms with Gasteiger partial charge >= 0.3 is 0 Å². The summed E-state index contributed by atoms with van der Waals surface area (Å²) in [6, 6.07) is 14.5. The van der Waals surface area contributed by atoms with Crippen molar-refractivity contribution >= 4 is 11.6 Å². The topological polar surface area (TPSA) is 59.4 Å². The van der Waals surface area contributed by atoms with Gasteiger partial charge in [-0.1, -0.05) is 18.2 Å². The number of nitriles is 1. The molecule has 2 aromatic carbocycles. The zero-order valence-corrected chi connectivity index (χ0v) is 15.2. The van der Waals surface area contributed by atoms with E-state index in [4.69, 9.17) is 0 Å². The predicted molar refractivity (Wildman–Crippen MR) is 102 cm³/mol. The van der Waals surface area contributed by atoms with Gasteiger partial charge in [0.2, 0.25) is 0 Å². The second-order valence-electron chi connectivity index (χ2n) is 6.40. The molecule has 0 bridgehead atoms. The van der Waals surface area contributed by atoms with Crippen molar-refractivity contribution in [1.82, 2.24) is 10.2 Å². The third kappa shape index (κ3) is 4.65. The van der Waals surface area contributed by atoms with E-state index in [0.717, 1.165) is 5.69 Å². The molecule has 1 aliphatic rings. The molecule has 1 heterocycles. The molecule has 1 fully saturated rings. The number of halogens is 2. The summed E-state index contributed by atoms with van der Waals surface area (Å²) in [5, 5.41) is 12.1. The van der Waals surface area contributed by atoms with Gasteiger partial charge < -0.3 is 15.1 Å². The van der Waals surface area contributed by atoms with Gasteiger partial charge in [0.1, 0.15) is 23.3 Å². The van der Waals surface area contributed by atoms with Gasteiger partial charge in [-0.25, -0.2) is 8.78 Å². The Kier molecular flexibility index (Phi) is 6.22. The average molecular weight is 382 g/mol. The maximum absolute atomic E-state index is 13.6. The van der Waals surface area contributed by atoms with Crippen LogP contribution in [0.25, 0.3) is 0 Å². The third-order valence-corrected chi connectivity index (χ3v) is 4.61. The molecule has 0 aromatic heterocycles.